The summed E-state index contributed by atoms with van der Waals surface area (Å²) in [6, 6.07) is 0.262. The average Bonchev–Trinajstić information content (AvgIpc) is 2.51. The van der Waals surface area contributed by atoms with Gasteiger partial charge in [0.15, 0.2) is 0 Å². The number of fused-ring (bicyclic) bond motifs is 1. The van der Waals surface area contributed by atoms with Crippen LogP contribution in [0.15, 0.2) is 18.2 Å². The van der Waals surface area contributed by atoms with E-state index in [0.29, 0.717) is 0 Å². The number of non-ortho nitro benzene ring substituents is 1. The van der Waals surface area contributed by atoms with Crippen molar-refractivity contribution in [2.75, 3.05) is 0 Å². The fourth-order valence-corrected chi connectivity index (χ4v) is 2.99. The Bertz CT molecular complexity index is 809. The van der Waals surface area contributed by atoms with E-state index in [0.717, 1.165) is 25.1 Å². The number of nitro groups is 2. The lowest BCUT2D eigenvalue weighted by Gasteiger charge is -2.34. The summed E-state index contributed by atoms with van der Waals surface area (Å²) < 4.78 is 44.6. The number of carbonyl (C=O) groups is 2. The van der Waals surface area contributed by atoms with Crippen molar-refractivity contribution in [1.29, 1.82) is 0 Å². The molecule has 0 amide bonds. The van der Waals surface area contributed by atoms with Crippen molar-refractivity contribution in [2.45, 2.75) is 44.0 Å². The number of halogens is 3. The molecule has 2 rings (SSSR count). The Balaban J connectivity index is 2.59. The predicted molar refractivity (Wildman–Crippen MR) is 82.0 cm³/mol. The first-order valence-corrected chi connectivity index (χ1v) is 7.58. The molecule has 0 bridgehead atoms. The molecule has 0 fully saturated rings. The van der Waals surface area contributed by atoms with Crippen LogP contribution in [0, 0.1) is 20.2 Å². The van der Waals surface area contributed by atoms with Crippen LogP contribution in [0.5, 0.6) is 5.75 Å². The summed E-state index contributed by atoms with van der Waals surface area (Å²) in [6.45, 7) is 1.09. The molecule has 146 valence electrons. The second-order valence-corrected chi connectivity index (χ2v) is 6.06. The van der Waals surface area contributed by atoms with Crippen LogP contribution in [0.25, 0.3) is 0 Å². The van der Waals surface area contributed by atoms with Gasteiger partial charge >= 0.3 is 6.18 Å². The van der Waals surface area contributed by atoms with Gasteiger partial charge in [0, 0.05) is 29.0 Å². The molecular formula is C15H13F3N2O7. The summed E-state index contributed by atoms with van der Waals surface area (Å²) in [6.07, 6.45) is -9.31. The van der Waals surface area contributed by atoms with Gasteiger partial charge in [0.2, 0.25) is 0 Å². The first-order valence-electron chi connectivity index (χ1n) is 7.58. The maximum Gasteiger partial charge on any atom is 0.432 e. The van der Waals surface area contributed by atoms with Gasteiger partial charge < -0.3 is 4.74 Å². The van der Waals surface area contributed by atoms with Crippen LogP contribution in [-0.2, 0) is 9.59 Å². The summed E-state index contributed by atoms with van der Waals surface area (Å²) in [5.41, 5.74) is -0.766. The number of hydrogen-bond donors (Lipinski definition) is 0. The Morgan fingerprint density at radius 2 is 1.85 bits per heavy atom. The highest BCUT2D eigenvalue weighted by Crippen LogP contribution is 2.45. The third-order valence-corrected chi connectivity index (χ3v) is 4.04. The molecule has 0 aromatic heterocycles. The van der Waals surface area contributed by atoms with Gasteiger partial charge in [-0.3, -0.25) is 29.8 Å². The number of ketones is 2. The summed E-state index contributed by atoms with van der Waals surface area (Å²) in [5.74, 6) is -3.43. The molecule has 1 aromatic carbocycles. The number of nitro benzene ring substituents is 1. The molecule has 9 nitrogen and oxygen atoms in total. The molecule has 0 N–H and O–H groups in total. The van der Waals surface area contributed by atoms with Crippen LogP contribution in [0.3, 0.4) is 0 Å². The summed E-state index contributed by atoms with van der Waals surface area (Å²) in [7, 11) is 0. The molecule has 0 aliphatic carbocycles. The summed E-state index contributed by atoms with van der Waals surface area (Å²) in [5, 5.41) is 22.3. The minimum absolute atomic E-state index is 0.247. The van der Waals surface area contributed by atoms with E-state index in [1.807, 2.05) is 0 Å². The number of nitrogens with zero attached hydrogens (tertiary/aromatic N) is 2. The second-order valence-electron chi connectivity index (χ2n) is 6.06. The lowest BCUT2D eigenvalue weighted by molar-refractivity contribution is -0.548. The van der Waals surface area contributed by atoms with Gasteiger partial charge in [-0.15, -0.1) is 0 Å². The smallest absolute Gasteiger partial charge is 0.432 e. The number of rotatable bonds is 6. The fraction of sp³-hybridized carbons (Fsp3) is 0.467. The molecule has 1 aliphatic rings. The number of alkyl halides is 3. The Morgan fingerprint density at radius 1 is 1.22 bits per heavy atom. The lowest BCUT2D eigenvalue weighted by Crippen LogP contribution is -2.53. The second kappa shape index (κ2) is 7.29. The number of benzene rings is 1. The SMILES string of the molecule is CC(=O)CC(=O)C[C@@H]1c2cc([N+](=O)[O-])ccc2O[C@@H](C(F)(F)F)[C@H]1[N+](=O)[O-]. The van der Waals surface area contributed by atoms with Crippen LogP contribution in [0.4, 0.5) is 18.9 Å². The number of hydrogen-bond acceptors (Lipinski definition) is 7. The molecule has 0 saturated heterocycles. The monoisotopic (exact) mass is 390 g/mol. The van der Waals surface area contributed by atoms with Crippen molar-refractivity contribution in [1.82, 2.24) is 0 Å². The van der Waals surface area contributed by atoms with E-state index < -0.39 is 69.9 Å². The van der Waals surface area contributed by atoms with E-state index in [2.05, 4.69) is 0 Å². The van der Waals surface area contributed by atoms with Crippen LogP contribution in [0.2, 0.25) is 0 Å². The van der Waals surface area contributed by atoms with E-state index >= 15 is 0 Å². The van der Waals surface area contributed by atoms with Gasteiger partial charge in [-0.1, -0.05) is 0 Å². The molecule has 0 radical (unpaired) electrons. The van der Waals surface area contributed by atoms with Gasteiger partial charge in [0.1, 0.15) is 17.3 Å². The third-order valence-electron chi connectivity index (χ3n) is 4.04. The minimum Gasteiger partial charge on any atom is -0.473 e. The third kappa shape index (κ3) is 4.38. The zero-order chi connectivity index (χ0) is 20.5. The molecule has 0 saturated carbocycles. The number of ether oxygens (including phenoxy) is 1. The molecule has 12 heteroatoms. The Labute approximate surface area is 149 Å². The average molecular weight is 390 g/mol. The zero-order valence-electron chi connectivity index (χ0n) is 13.8. The van der Waals surface area contributed by atoms with Gasteiger partial charge in [0.05, 0.1) is 17.3 Å². The number of carbonyl (C=O) groups excluding carboxylic acids is 2. The molecule has 27 heavy (non-hydrogen) atoms. The van der Waals surface area contributed by atoms with E-state index in [9.17, 15) is 43.0 Å². The molecule has 0 spiro atoms. The topological polar surface area (TPSA) is 130 Å². The normalized spacial score (nSPS) is 21.7. The zero-order valence-corrected chi connectivity index (χ0v) is 13.8. The van der Waals surface area contributed by atoms with Crippen molar-refractivity contribution < 1.29 is 37.3 Å². The van der Waals surface area contributed by atoms with Crippen molar-refractivity contribution in [3.8, 4) is 5.75 Å². The highest BCUT2D eigenvalue weighted by Gasteiger charge is 2.59. The molecule has 3 atom stereocenters. The van der Waals surface area contributed by atoms with Crippen molar-refractivity contribution >= 4 is 17.3 Å². The predicted octanol–water partition coefficient (Wildman–Crippen LogP) is 2.59. The van der Waals surface area contributed by atoms with Crippen LogP contribution < -0.4 is 4.74 Å². The Hall–Kier alpha value is -3.05. The highest BCUT2D eigenvalue weighted by atomic mass is 19.4. The number of Topliss-reactive ketones (excluding diaryl/α,β-unsaturated/α-hetero) is 2. The van der Waals surface area contributed by atoms with E-state index in [-0.39, 0.29) is 5.56 Å². The van der Waals surface area contributed by atoms with Gasteiger partial charge in [-0.2, -0.15) is 13.2 Å². The van der Waals surface area contributed by atoms with E-state index in [1.165, 1.54) is 0 Å². The molecule has 1 aliphatic heterocycles. The van der Waals surface area contributed by atoms with E-state index in [1.54, 1.807) is 0 Å². The Morgan fingerprint density at radius 3 is 2.33 bits per heavy atom. The molecular weight excluding hydrogens is 377 g/mol. The molecule has 0 unspecified atom stereocenters. The maximum absolute atomic E-state index is 13.3. The largest absolute Gasteiger partial charge is 0.473 e. The van der Waals surface area contributed by atoms with Gasteiger partial charge in [-0.25, -0.2) is 0 Å². The van der Waals surface area contributed by atoms with Crippen molar-refractivity contribution in [3.05, 3.63) is 44.0 Å². The lowest BCUT2D eigenvalue weighted by atomic mass is 9.81. The maximum atomic E-state index is 13.3. The van der Waals surface area contributed by atoms with Crippen LogP contribution in [0.1, 0.15) is 31.2 Å². The standard InChI is InChI=1S/C15H13F3N2O7/c1-7(21)4-9(22)6-11-10-5-8(19(23)24)2-3-12(10)27-14(15(16,17)18)13(11)20(25)26/h2-3,5,11,13-14H,4,6H2,1H3/t11-,13+,14-/m1/s1. The minimum atomic E-state index is -5.11. The first kappa shape index (κ1) is 20.3. The van der Waals surface area contributed by atoms with Gasteiger partial charge in [0.25, 0.3) is 17.8 Å². The quantitative estimate of drug-likeness (QED) is 0.414. The molecule has 1 aromatic rings. The molecule has 1 heterocycles. The van der Waals surface area contributed by atoms with Crippen LogP contribution >= 0.6 is 0 Å². The van der Waals surface area contributed by atoms with Crippen LogP contribution in [-0.4, -0.2) is 39.7 Å². The van der Waals surface area contributed by atoms with Crippen molar-refractivity contribution in [3.63, 3.8) is 0 Å². The van der Waals surface area contributed by atoms with Crippen molar-refractivity contribution in [2.24, 2.45) is 0 Å². The summed E-state index contributed by atoms with van der Waals surface area (Å²) >= 11 is 0. The Kier molecular flexibility index (Phi) is 5.47. The first-order chi connectivity index (χ1) is 12.4. The van der Waals surface area contributed by atoms with Gasteiger partial charge in [-0.05, 0) is 13.0 Å². The fourth-order valence-electron chi connectivity index (χ4n) is 2.99. The summed E-state index contributed by atoms with van der Waals surface area (Å²) in [4.78, 5) is 43.3. The van der Waals surface area contributed by atoms with E-state index in [4.69, 9.17) is 4.74 Å². The highest BCUT2D eigenvalue weighted by molar-refractivity contribution is 5.98.